The van der Waals surface area contributed by atoms with Crippen molar-refractivity contribution in [3.8, 4) is 0 Å². The Kier molecular flexibility index (Phi) is 3.85. The number of hydrogen-bond donors (Lipinski definition) is 2. The number of carbonyl (C=O) groups is 2. The number of aromatic amines is 1. The monoisotopic (exact) mass is 360 g/mol. The van der Waals surface area contributed by atoms with E-state index in [4.69, 9.17) is 5.21 Å². The molecular formula is C19H12N4O4. The Bertz CT molecular complexity index is 1150. The predicted molar refractivity (Wildman–Crippen MR) is 95.1 cm³/mol. The fourth-order valence-corrected chi connectivity index (χ4v) is 2.85. The maximum absolute atomic E-state index is 12.1. The Morgan fingerprint density at radius 1 is 0.815 bits per heavy atom. The minimum Gasteiger partial charge on any atom is -0.424 e. The minimum atomic E-state index is -0.732. The summed E-state index contributed by atoms with van der Waals surface area (Å²) in [5.41, 5.74) is 2.12. The second kappa shape index (κ2) is 6.34. The first-order valence-corrected chi connectivity index (χ1v) is 7.96. The molecule has 1 aliphatic rings. The van der Waals surface area contributed by atoms with Crippen LogP contribution in [-0.2, 0) is 0 Å². The van der Waals surface area contributed by atoms with Crippen molar-refractivity contribution in [3.05, 3.63) is 93.8 Å². The number of carbonyl (C=O) groups excluding carboxylic acids is 2. The summed E-state index contributed by atoms with van der Waals surface area (Å²) in [6, 6.07) is 13.9. The number of imidazole rings is 1. The molecule has 0 amide bonds. The van der Waals surface area contributed by atoms with Crippen LogP contribution in [0, 0.1) is 0 Å². The van der Waals surface area contributed by atoms with Crippen LogP contribution in [0.5, 0.6) is 0 Å². The van der Waals surface area contributed by atoms with Crippen molar-refractivity contribution in [2.75, 3.05) is 0 Å². The van der Waals surface area contributed by atoms with Gasteiger partial charge in [-0.15, -0.1) is 4.73 Å². The highest BCUT2D eigenvalue weighted by atomic mass is 16.5. The Labute approximate surface area is 151 Å². The molecule has 2 aromatic heterocycles. The fraction of sp³-hybridized carbons (Fsp3) is 0. The summed E-state index contributed by atoms with van der Waals surface area (Å²) >= 11 is 0. The lowest BCUT2D eigenvalue weighted by Crippen LogP contribution is -2.20. The van der Waals surface area contributed by atoms with Gasteiger partial charge in [-0.25, -0.2) is 9.78 Å². The van der Waals surface area contributed by atoms with Gasteiger partial charge >= 0.3 is 5.69 Å². The molecule has 0 bridgehead atoms. The van der Waals surface area contributed by atoms with Crippen molar-refractivity contribution in [2.45, 2.75) is 0 Å². The lowest BCUT2D eigenvalue weighted by molar-refractivity contribution is 0.0979. The number of benzene rings is 2. The van der Waals surface area contributed by atoms with Crippen LogP contribution in [0.2, 0.25) is 0 Å². The van der Waals surface area contributed by atoms with E-state index in [2.05, 4.69) is 15.0 Å². The zero-order valence-corrected chi connectivity index (χ0v) is 13.8. The second-order valence-corrected chi connectivity index (χ2v) is 5.76. The molecule has 132 valence electrons. The lowest BCUT2D eigenvalue weighted by atomic mass is 9.84. The van der Waals surface area contributed by atoms with Crippen molar-refractivity contribution in [1.29, 1.82) is 0 Å². The molecule has 0 saturated carbocycles. The van der Waals surface area contributed by atoms with Crippen LogP contribution in [0.25, 0.3) is 11.2 Å². The summed E-state index contributed by atoms with van der Waals surface area (Å²) < 4.78 is 0.403. The van der Waals surface area contributed by atoms with Crippen LogP contribution < -0.4 is 5.69 Å². The zero-order valence-electron chi connectivity index (χ0n) is 13.8. The first-order valence-electron chi connectivity index (χ1n) is 7.96. The van der Waals surface area contributed by atoms with Gasteiger partial charge in [0.2, 0.25) is 0 Å². The minimum absolute atomic E-state index is 0.0641. The van der Waals surface area contributed by atoms with E-state index in [1.807, 2.05) is 0 Å². The first-order chi connectivity index (χ1) is 13.1. The third-order valence-electron chi connectivity index (χ3n) is 4.13. The highest BCUT2D eigenvalue weighted by Crippen LogP contribution is 2.26. The van der Waals surface area contributed by atoms with Gasteiger partial charge in [-0.1, -0.05) is 48.5 Å². The maximum Gasteiger partial charge on any atom is 0.382 e. The number of hydrogen-bond acceptors (Lipinski definition) is 6. The largest absolute Gasteiger partial charge is 0.424 e. The Morgan fingerprint density at radius 2 is 1.30 bits per heavy atom. The maximum atomic E-state index is 12.1. The van der Waals surface area contributed by atoms with E-state index in [-0.39, 0.29) is 11.6 Å². The molecule has 0 fully saturated rings. The molecule has 0 unspecified atom stereocenters. The SMILES string of the molecule is O=C1c2ccccc2C(=O)c2ccccc21.O=c1nc2nc[nH]c2cn1O. The Hall–Kier alpha value is -4.07. The van der Waals surface area contributed by atoms with Gasteiger partial charge in [0.05, 0.1) is 12.5 Å². The fourth-order valence-electron chi connectivity index (χ4n) is 2.85. The summed E-state index contributed by atoms with van der Waals surface area (Å²) in [5, 5.41) is 8.83. The van der Waals surface area contributed by atoms with Crippen molar-refractivity contribution in [1.82, 2.24) is 19.7 Å². The van der Waals surface area contributed by atoms with Crippen LogP contribution in [-0.4, -0.2) is 36.5 Å². The van der Waals surface area contributed by atoms with Crippen LogP contribution in [0.3, 0.4) is 0 Å². The van der Waals surface area contributed by atoms with Gasteiger partial charge in [-0.3, -0.25) is 9.59 Å². The number of aromatic nitrogens is 4. The number of fused-ring (bicyclic) bond motifs is 3. The van der Waals surface area contributed by atoms with E-state index in [9.17, 15) is 14.4 Å². The van der Waals surface area contributed by atoms with E-state index < -0.39 is 5.69 Å². The normalized spacial score (nSPS) is 12.1. The Morgan fingerprint density at radius 3 is 1.78 bits per heavy atom. The van der Waals surface area contributed by atoms with Crippen LogP contribution in [0.4, 0.5) is 0 Å². The van der Waals surface area contributed by atoms with Crippen molar-refractivity contribution in [2.24, 2.45) is 0 Å². The highest BCUT2D eigenvalue weighted by molar-refractivity contribution is 6.28. The van der Waals surface area contributed by atoms with Gasteiger partial charge in [-0.05, 0) is 0 Å². The molecule has 0 aliphatic heterocycles. The molecule has 5 rings (SSSR count). The summed E-state index contributed by atoms with van der Waals surface area (Å²) in [6.45, 7) is 0. The quantitative estimate of drug-likeness (QED) is 0.407. The molecule has 0 radical (unpaired) electrons. The zero-order chi connectivity index (χ0) is 19.0. The molecule has 4 aromatic rings. The Balaban J connectivity index is 0.000000143. The molecule has 0 saturated heterocycles. The molecular weight excluding hydrogens is 348 g/mol. The average molecular weight is 360 g/mol. The van der Waals surface area contributed by atoms with Crippen LogP contribution in [0.15, 0.2) is 65.8 Å². The van der Waals surface area contributed by atoms with Gasteiger partial charge in [-0.2, -0.15) is 4.98 Å². The molecule has 0 atom stereocenters. The van der Waals surface area contributed by atoms with Gasteiger partial charge in [0.15, 0.2) is 17.2 Å². The van der Waals surface area contributed by atoms with Crippen LogP contribution in [0.1, 0.15) is 31.8 Å². The molecule has 8 heteroatoms. The molecule has 0 spiro atoms. The summed E-state index contributed by atoms with van der Waals surface area (Å²) in [5.74, 6) is -0.128. The molecule has 2 heterocycles. The van der Waals surface area contributed by atoms with Crippen LogP contribution >= 0.6 is 0 Å². The molecule has 27 heavy (non-hydrogen) atoms. The summed E-state index contributed by atoms with van der Waals surface area (Å²) in [6.07, 6.45) is 2.62. The molecule has 2 N–H and O–H groups in total. The van der Waals surface area contributed by atoms with Gasteiger partial charge in [0.25, 0.3) is 0 Å². The molecule has 2 aromatic carbocycles. The van der Waals surface area contributed by atoms with Gasteiger partial charge in [0, 0.05) is 22.3 Å². The number of H-pyrrole nitrogens is 1. The molecule has 1 aliphatic carbocycles. The summed E-state index contributed by atoms with van der Waals surface area (Å²) in [4.78, 5) is 44.8. The van der Waals surface area contributed by atoms with Gasteiger partial charge in [0.1, 0.15) is 5.52 Å². The molecule has 8 nitrogen and oxygen atoms in total. The van der Waals surface area contributed by atoms with E-state index >= 15 is 0 Å². The number of rotatable bonds is 0. The van der Waals surface area contributed by atoms with Gasteiger partial charge < -0.3 is 10.2 Å². The number of nitrogens with zero attached hydrogens (tertiary/aromatic N) is 3. The van der Waals surface area contributed by atoms with Crippen molar-refractivity contribution >= 4 is 22.7 Å². The summed E-state index contributed by atoms with van der Waals surface area (Å²) in [7, 11) is 0. The average Bonchev–Trinajstić information content (AvgIpc) is 3.14. The standard InChI is InChI=1S/C14H8O2.C5H4N4O2/c15-13-9-5-1-2-6-10(9)14(16)12-8-4-3-7-11(12)13;10-5-8-4-3(1-9(5)11)6-2-7-4/h1-8H;1-2,11H,(H,6,7,8,10). The lowest BCUT2D eigenvalue weighted by Gasteiger charge is -2.16. The smallest absolute Gasteiger partial charge is 0.382 e. The number of nitrogens with one attached hydrogen (secondary N) is 1. The van der Waals surface area contributed by atoms with Crippen molar-refractivity contribution in [3.63, 3.8) is 0 Å². The number of ketones is 2. The van der Waals surface area contributed by atoms with E-state index in [1.165, 1.54) is 12.5 Å². The topological polar surface area (TPSA) is 118 Å². The third kappa shape index (κ3) is 2.78. The van der Waals surface area contributed by atoms with E-state index in [0.29, 0.717) is 38.1 Å². The second-order valence-electron chi connectivity index (χ2n) is 5.76. The van der Waals surface area contributed by atoms with E-state index in [0.717, 1.165) is 0 Å². The highest BCUT2D eigenvalue weighted by Gasteiger charge is 2.28. The van der Waals surface area contributed by atoms with Crippen molar-refractivity contribution < 1.29 is 14.8 Å². The third-order valence-corrected chi connectivity index (χ3v) is 4.13. The predicted octanol–water partition coefficient (Wildman–Crippen LogP) is 1.82. The van der Waals surface area contributed by atoms with E-state index in [1.54, 1.807) is 48.5 Å². The first kappa shape index (κ1) is 16.4.